The molecule has 1 N–H and O–H groups in total. The standard InChI is InChI=1S/C21H24N2O3S/c1-14(21(24)23(2)18-9-10-27(25,26)13-18)22-17-7-8-20-16(12-17)11-15-5-3-4-6-19(15)20/h3-8,12,14,18,22H,9-11,13H2,1-2H3/t14-,18+/m1/s1. The molecule has 2 atom stereocenters. The van der Waals surface area contributed by atoms with Gasteiger partial charge in [-0.15, -0.1) is 0 Å². The molecule has 2 aromatic rings. The van der Waals surface area contributed by atoms with Gasteiger partial charge in [0, 0.05) is 18.8 Å². The van der Waals surface area contributed by atoms with Crippen LogP contribution in [0.2, 0.25) is 0 Å². The maximum atomic E-state index is 12.7. The van der Waals surface area contributed by atoms with Crippen molar-refractivity contribution < 1.29 is 13.2 Å². The minimum Gasteiger partial charge on any atom is -0.374 e. The number of carbonyl (C=O) groups is 1. The van der Waals surface area contributed by atoms with Gasteiger partial charge >= 0.3 is 0 Å². The number of carbonyl (C=O) groups excluding carboxylic acids is 1. The Labute approximate surface area is 160 Å². The lowest BCUT2D eigenvalue weighted by Crippen LogP contribution is -2.45. The number of benzene rings is 2. The number of fused-ring (bicyclic) bond motifs is 3. The summed E-state index contributed by atoms with van der Waals surface area (Å²) in [5, 5.41) is 3.28. The third kappa shape index (κ3) is 3.46. The fourth-order valence-corrected chi connectivity index (χ4v) is 5.89. The molecule has 1 aliphatic carbocycles. The van der Waals surface area contributed by atoms with Gasteiger partial charge in [0.2, 0.25) is 5.91 Å². The summed E-state index contributed by atoms with van der Waals surface area (Å²) in [5.41, 5.74) is 6.04. The van der Waals surface area contributed by atoms with Gasteiger partial charge in [-0.1, -0.05) is 30.3 Å². The molecule has 0 radical (unpaired) electrons. The van der Waals surface area contributed by atoms with Gasteiger partial charge in [0.1, 0.15) is 6.04 Å². The van der Waals surface area contributed by atoms with Gasteiger partial charge in [0.15, 0.2) is 9.84 Å². The highest BCUT2D eigenvalue weighted by Crippen LogP contribution is 2.37. The van der Waals surface area contributed by atoms with Crippen molar-refractivity contribution in [2.45, 2.75) is 31.8 Å². The number of amides is 1. The molecule has 27 heavy (non-hydrogen) atoms. The molecule has 1 fully saturated rings. The molecular weight excluding hydrogens is 360 g/mol. The second kappa shape index (κ2) is 6.68. The molecule has 0 saturated carbocycles. The quantitative estimate of drug-likeness (QED) is 0.751. The van der Waals surface area contributed by atoms with Crippen LogP contribution < -0.4 is 5.32 Å². The van der Waals surface area contributed by atoms with Gasteiger partial charge in [-0.25, -0.2) is 8.42 Å². The Morgan fingerprint density at radius 2 is 1.89 bits per heavy atom. The molecule has 4 rings (SSSR count). The van der Waals surface area contributed by atoms with Crippen LogP contribution in [0.25, 0.3) is 11.1 Å². The first-order valence-corrected chi connectivity index (χ1v) is 11.1. The van der Waals surface area contributed by atoms with E-state index in [1.165, 1.54) is 22.3 Å². The van der Waals surface area contributed by atoms with Crippen molar-refractivity contribution in [2.75, 3.05) is 23.9 Å². The molecule has 142 valence electrons. The zero-order chi connectivity index (χ0) is 19.2. The van der Waals surface area contributed by atoms with E-state index in [1.807, 2.05) is 13.0 Å². The molecule has 1 aliphatic heterocycles. The van der Waals surface area contributed by atoms with E-state index in [9.17, 15) is 13.2 Å². The van der Waals surface area contributed by atoms with Crippen molar-refractivity contribution in [3.8, 4) is 11.1 Å². The smallest absolute Gasteiger partial charge is 0.244 e. The molecule has 2 aromatic carbocycles. The largest absolute Gasteiger partial charge is 0.374 e. The Hall–Kier alpha value is -2.34. The molecule has 0 unspecified atom stereocenters. The summed E-state index contributed by atoms with van der Waals surface area (Å²) in [4.78, 5) is 14.3. The third-order valence-corrected chi connectivity index (χ3v) is 7.40. The molecule has 0 bridgehead atoms. The Morgan fingerprint density at radius 1 is 1.15 bits per heavy atom. The van der Waals surface area contributed by atoms with Crippen LogP contribution in [-0.4, -0.2) is 49.9 Å². The summed E-state index contributed by atoms with van der Waals surface area (Å²) in [6, 6.07) is 14.0. The van der Waals surface area contributed by atoms with Crippen molar-refractivity contribution in [2.24, 2.45) is 0 Å². The number of hydrogen-bond donors (Lipinski definition) is 1. The Kier molecular flexibility index (Phi) is 4.46. The number of nitrogens with one attached hydrogen (secondary N) is 1. The molecule has 5 nitrogen and oxygen atoms in total. The minimum atomic E-state index is -3.01. The van der Waals surface area contributed by atoms with E-state index in [0.717, 1.165) is 12.1 Å². The number of anilines is 1. The van der Waals surface area contributed by atoms with Crippen LogP contribution in [0.4, 0.5) is 5.69 Å². The molecule has 0 spiro atoms. The predicted molar refractivity (Wildman–Crippen MR) is 108 cm³/mol. The van der Waals surface area contributed by atoms with Gasteiger partial charge in [-0.2, -0.15) is 0 Å². The van der Waals surface area contributed by atoms with Crippen LogP contribution >= 0.6 is 0 Å². The van der Waals surface area contributed by atoms with Gasteiger partial charge in [-0.3, -0.25) is 4.79 Å². The van der Waals surface area contributed by atoms with Crippen molar-refractivity contribution in [3.63, 3.8) is 0 Å². The van der Waals surface area contributed by atoms with Crippen molar-refractivity contribution in [3.05, 3.63) is 53.6 Å². The fraction of sp³-hybridized carbons (Fsp3) is 0.381. The second-order valence-electron chi connectivity index (χ2n) is 7.58. The van der Waals surface area contributed by atoms with Crippen LogP contribution in [0.15, 0.2) is 42.5 Å². The number of hydrogen-bond acceptors (Lipinski definition) is 4. The number of sulfone groups is 1. The first kappa shape index (κ1) is 18.0. The summed E-state index contributed by atoms with van der Waals surface area (Å²) >= 11 is 0. The molecule has 1 amide bonds. The SMILES string of the molecule is C[C@@H](Nc1ccc2c(c1)Cc1ccccc1-2)C(=O)N(C)[C@H]1CCS(=O)(=O)C1. The van der Waals surface area contributed by atoms with Crippen LogP contribution in [0.3, 0.4) is 0 Å². The van der Waals surface area contributed by atoms with Crippen LogP contribution in [0, 0.1) is 0 Å². The van der Waals surface area contributed by atoms with E-state index in [-0.39, 0.29) is 23.5 Å². The molecular formula is C21H24N2O3S. The van der Waals surface area contributed by atoms with E-state index in [1.54, 1.807) is 11.9 Å². The first-order chi connectivity index (χ1) is 12.8. The summed E-state index contributed by atoms with van der Waals surface area (Å²) in [5.74, 6) is 0.155. The maximum absolute atomic E-state index is 12.7. The molecule has 6 heteroatoms. The Balaban J connectivity index is 1.45. The summed E-state index contributed by atoms with van der Waals surface area (Å²) in [7, 11) is -1.31. The molecule has 1 saturated heterocycles. The summed E-state index contributed by atoms with van der Waals surface area (Å²) < 4.78 is 23.4. The fourth-order valence-electron chi connectivity index (χ4n) is 4.11. The van der Waals surface area contributed by atoms with Crippen molar-refractivity contribution in [1.82, 2.24) is 4.90 Å². The van der Waals surface area contributed by atoms with E-state index in [2.05, 4.69) is 41.7 Å². The predicted octanol–water partition coefficient (Wildman–Crippen LogP) is 2.70. The van der Waals surface area contributed by atoms with E-state index < -0.39 is 15.9 Å². The van der Waals surface area contributed by atoms with Crippen LogP contribution in [0.1, 0.15) is 24.5 Å². The lowest BCUT2D eigenvalue weighted by Gasteiger charge is -2.27. The van der Waals surface area contributed by atoms with E-state index >= 15 is 0 Å². The van der Waals surface area contributed by atoms with Gasteiger partial charge < -0.3 is 10.2 Å². The lowest BCUT2D eigenvalue weighted by molar-refractivity contribution is -0.132. The molecule has 1 heterocycles. The topological polar surface area (TPSA) is 66.5 Å². The van der Waals surface area contributed by atoms with E-state index in [0.29, 0.717) is 6.42 Å². The third-order valence-electron chi connectivity index (χ3n) is 5.65. The highest BCUT2D eigenvalue weighted by Gasteiger charge is 2.34. The zero-order valence-corrected chi connectivity index (χ0v) is 16.4. The Bertz CT molecular complexity index is 1000. The Morgan fingerprint density at radius 3 is 2.63 bits per heavy atom. The van der Waals surface area contributed by atoms with Gasteiger partial charge in [0.25, 0.3) is 0 Å². The average Bonchev–Trinajstić information content (AvgIpc) is 3.19. The normalized spacial score (nSPS) is 20.6. The zero-order valence-electron chi connectivity index (χ0n) is 15.6. The molecule has 0 aromatic heterocycles. The van der Waals surface area contributed by atoms with Crippen LogP contribution in [-0.2, 0) is 21.1 Å². The first-order valence-electron chi connectivity index (χ1n) is 9.29. The second-order valence-corrected chi connectivity index (χ2v) is 9.81. The minimum absolute atomic E-state index is 0.0685. The highest BCUT2D eigenvalue weighted by molar-refractivity contribution is 7.91. The lowest BCUT2D eigenvalue weighted by atomic mass is 10.1. The molecule has 2 aliphatic rings. The number of likely N-dealkylation sites (N-methyl/N-ethyl adjacent to an activating group) is 1. The summed E-state index contributed by atoms with van der Waals surface area (Å²) in [6.45, 7) is 1.82. The number of rotatable bonds is 4. The van der Waals surface area contributed by atoms with Crippen molar-refractivity contribution in [1.29, 1.82) is 0 Å². The highest BCUT2D eigenvalue weighted by atomic mass is 32.2. The van der Waals surface area contributed by atoms with Gasteiger partial charge in [-0.05, 0) is 54.2 Å². The summed E-state index contributed by atoms with van der Waals surface area (Å²) in [6.07, 6.45) is 1.43. The number of nitrogens with zero attached hydrogens (tertiary/aromatic N) is 1. The van der Waals surface area contributed by atoms with Crippen LogP contribution in [0.5, 0.6) is 0 Å². The average molecular weight is 385 g/mol. The monoisotopic (exact) mass is 384 g/mol. The van der Waals surface area contributed by atoms with Crippen molar-refractivity contribution >= 4 is 21.4 Å². The maximum Gasteiger partial charge on any atom is 0.244 e. The van der Waals surface area contributed by atoms with E-state index in [4.69, 9.17) is 0 Å². The van der Waals surface area contributed by atoms with Gasteiger partial charge in [0.05, 0.1) is 11.5 Å².